The highest BCUT2D eigenvalue weighted by Gasteiger charge is 2.37. The van der Waals surface area contributed by atoms with Gasteiger partial charge in [-0.1, -0.05) is 30.3 Å². The SMILES string of the molecule is CC(C)n1nccc1NC(=O)N1CCC(C#N)(c2ccccc2)CC1. The van der Waals surface area contributed by atoms with Crippen LogP contribution in [0.2, 0.25) is 0 Å². The molecule has 0 radical (unpaired) electrons. The third-order valence-electron chi connectivity index (χ3n) is 4.84. The number of likely N-dealkylation sites (tertiary alicyclic amines) is 1. The summed E-state index contributed by atoms with van der Waals surface area (Å²) in [6.45, 7) is 5.16. The Morgan fingerprint density at radius 3 is 2.52 bits per heavy atom. The molecule has 0 unspecified atom stereocenters. The van der Waals surface area contributed by atoms with Gasteiger partial charge in [-0.3, -0.25) is 5.32 Å². The molecule has 6 nitrogen and oxygen atoms in total. The maximum atomic E-state index is 12.6. The second kappa shape index (κ2) is 6.98. The molecule has 1 aromatic carbocycles. The van der Waals surface area contributed by atoms with Crippen molar-refractivity contribution < 1.29 is 4.79 Å². The molecule has 0 atom stereocenters. The molecule has 130 valence electrons. The van der Waals surface area contributed by atoms with Crippen molar-refractivity contribution in [2.45, 2.75) is 38.1 Å². The number of hydrogen-bond donors (Lipinski definition) is 1. The van der Waals surface area contributed by atoms with E-state index in [0.717, 1.165) is 5.56 Å². The number of nitrogens with zero attached hydrogens (tertiary/aromatic N) is 4. The molecule has 1 aliphatic heterocycles. The predicted octanol–water partition coefficient (Wildman–Crippen LogP) is 3.55. The highest BCUT2D eigenvalue weighted by atomic mass is 16.2. The number of nitriles is 1. The van der Waals surface area contributed by atoms with Crippen molar-refractivity contribution >= 4 is 11.8 Å². The van der Waals surface area contributed by atoms with E-state index in [1.165, 1.54) is 0 Å². The zero-order chi connectivity index (χ0) is 17.9. The molecular formula is C19H23N5O. The van der Waals surface area contributed by atoms with Gasteiger partial charge in [0.05, 0.1) is 17.7 Å². The Morgan fingerprint density at radius 1 is 1.24 bits per heavy atom. The number of carbonyl (C=O) groups excluding carboxylic acids is 1. The van der Waals surface area contributed by atoms with E-state index < -0.39 is 5.41 Å². The average molecular weight is 337 g/mol. The number of carbonyl (C=O) groups is 1. The van der Waals surface area contributed by atoms with E-state index in [9.17, 15) is 10.1 Å². The van der Waals surface area contributed by atoms with Gasteiger partial charge in [0.2, 0.25) is 0 Å². The van der Waals surface area contributed by atoms with Crippen molar-refractivity contribution in [1.82, 2.24) is 14.7 Å². The van der Waals surface area contributed by atoms with Gasteiger partial charge in [0.1, 0.15) is 5.82 Å². The highest BCUT2D eigenvalue weighted by Crippen LogP contribution is 2.35. The Hall–Kier alpha value is -2.81. The van der Waals surface area contributed by atoms with Gasteiger partial charge < -0.3 is 4.90 Å². The lowest BCUT2D eigenvalue weighted by molar-refractivity contribution is 0.183. The Labute approximate surface area is 148 Å². The fourth-order valence-electron chi connectivity index (χ4n) is 3.33. The molecule has 2 heterocycles. The van der Waals surface area contributed by atoms with Gasteiger partial charge in [-0.15, -0.1) is 0 Å². The van der Waals surface area contributed by atoms with Crippen LogP contribution in [0.3, 0.4) is 0 Å². The van der Waals surface area contributed by atoms with Crippen LogP contribution < -0.4 is 5.32 Å². The first kappa shape index (κ1) is 17.0. The number of hydrogen-bond acceptors (Lipinski definition) is 3. The van der Waals surface area contributed by atoms with E-state index in [-0.39, 0.29) is 12.1 Å². The van der Waals surface area contributed by atoms with Gasteiger partial charge in [0.15, 0.2) is 0 Å². The Bertz CT molecular complexity index is 767. The van der Waals surface area contributed by atoms with Gasteiger partial charge in [-0.2, -0.15) is 10.4 Å². The first-order valence-corrected chi connectivity index (χ1v) is 8.62. The molecule has 2 aromatic rings. The fourth-order valence-corrected chi connectivity index (χ4v) is 3.33. The number of nitrogens with one attached hydrogen (secondary N) is 1. The summed E-state index contributed by atoms with van der Waals surface area (Å²) < 4.78 is 1.78. The smallest absolute Gasteiger partial charge is 0.323 e. The molecule has 3 rings (SSSR count). The number of rotatable bonds is 3. The van der Waals surface area contributed by atoms with E-state index in [1.54, 1.807) is 21.8 Å². The lowest BCUT2D eigenvalue weighted by atomic mass is 9.74. The fraction of sp³-hybridized carbons (Fsp3) is 0.421. The van der Waals surface area contributed by atoms with Crippen LogP contribution in [0.15, 0.2) is 42.6 Å². The Kier molecular flexibility index (Phi) is 4.75. The summed E-state index contributed by atoms with van der Waals surface area (Å²) in [5.74, 6) is 0.695. The maximum absolute atomic E-state index is 12.6. The van der Waals surface area contributed by atoms with E-state index >= 15 is 0 Å². The maximum Gasteiger partial charge on any atom is 0.323 e. The molecule has 2 amide bonds. The van der Waals surface area contributed by atoms with Crippen molar-refractivity contribution in [2.75, 3.05) is 18.4 Å². The molecule has 0 bridgehead atoms. The number of benzene rings is 1. The number of piperidine rings is 1. The van der Waals surface area contributed by atoms with Crippen LogP contribution in [0.5, 0.6) is 0 Å². The van der Waals surface area contributed by atoms with E-state index in [0.29, 0.717) is 31.7 Å². The average Bonchev–Trinajstić information content (AvgIpc) is 3.11. The van der Waals surface area contributed by atoms with Gasteiger partial charge in [-0.25, -0.2) is 9.48 Å². The second-order valence-electron chi connectivity index (χ2n) is 6.73. The van der Waals surface area contributed by atoms with Crippen molar-refractivity contribution in [1.29, 1.82) is 5.26 Å². The zero-order valence-corrected chi connectivity index (χ0v) is 14.6. The molecule has 0 saturated carbocycles. The van der Waals surface area contributed by atoms with Gasteiger partial charge in [0.25, 0.3) is 0 Å². The lowest BCUT2D eigenvalue weighted by Gasteiger charge is -2.37. The molecule has 0 aliphatic carbocycles. The first-order chi connectivity index (χ1) is 12.1. The molecule has 0 spiro atoms. The summed E-state index contributed by atoms with van der Waals surface area (Å²) in [7, 11) is 0. The van der Waals surface area contributed by atoms with Crippen LogP contribution >= 0.6 is 0 Å². The van der Waals surface area contributed by atoms with Gasteiger partial charge >= 0.3 is 6.03 Å². The lowest BCUT2D eigenvalue weighted by Crippen LogP contribution is -2.46. The number of urea groups is 1. The molecule has 1 aliphatic rings. The monoisotopic (exact) mass is 337 g/mol. The topological polar surface area (TPSA) is 74.0 Å². The third kappa shape index (κ3) is 3.36. The largest absolute Gasteiger partial charge is 0.324 e. The summed E-state index contributed by atoms with van der Waals surface area (Å²) in [6, 6.07) is 14.2. The second-order valence-corrected chi connectivity index (χ2v) is 6.73. The van der Waals surface area contributed by atoms with Crippen LogP contribution in [0, 0.1) is 11.3 Å². The minimum absolute atomic E-state index is 0.137. The number of aromatic nitrogens is 2. The minimum Gasteiger partial charge on any atom is -0.324 e. The molecule has 1 saturated heterocycles. The third-order valence-corrected chi connectivity index (χ3v) is 4.84. The van der Waals surface area contributed by atoms with Crippen molar-refractivity contribution in [2.24, 2.45) is 0 Å². The molecule has 1 aromatic heterocycles. The quantitative estimate of drug-likeness (QED) is 0.930. The van der Waals surface area contributed by atoms with Gasteiger partial charge in [-0.05, 0) is 32.3 Å². The first-order valence-electron chi connectivity index (χ1n) is 8.62. The van der Waals surface area contributed by atoms with Crippen molar-refractivity contribution in [3.05, 3.63) is 48.2 Å². The van der Waals surface area contributed by atoms with Crippen LogP contribution in [0.4, 0.5) is 10.6 Å². The van der Waals surface area contributed by atoms with Crippen LogP contribution in [0.1, 0.15) is 38.3 Å². The summed E-state index contributed by atoms with van der Waals surface area (Å²) in [5.41, 5.74) is 0.535. The highest BCUT2D eigenvalue weighted by molar-refractivity contribution is 5.88. The predicted molar refractivity (Wildman–Crippen MR) is 96.2 cm³/mol. The summed E-state index contributed by atoms with van der Waals surface area (Å²) in [4.78, 5) is 14.3. The van der Waals surface area contributed by atoms with Crippen molar-refractivity contribution in [3.8, 4) is 6.07 Å². The molecule has 25 heavy (non-hydrogen) atoms. The van der Waals surface area contributed by atoms with E-state index in [4.69, 9.17) is 0 Å². The van der Waals surface area contributed by atoms with E-state index in [1.807, 2.05) is 44.2 Å². The van der Waals surface area contributed by atoms with Crippen LogP contribution in [-0.2, 0) is 5.41 Å². The Morgan fingerprint density at radius 2 is 1.92 bits per heavy atom. The summed E-state index contributed by atoms with van der Waals surface area (Å²) >= 11 is 0. The summed E-state index contributed by atoms with van der Waals surface area (Å²) in [5, 5.41) is 16.9. The van der Waals surface area contributed by atoms with Crippen LogP contribution in [0.25, 0.3) is 0 Å². The molecule has 1 N–H and O–H groups in total. The summed E-state index contributed by atoms with van der Waals surface area (Å²) in [6.07, 6.45) is 2.97. The number of anilines is 1. The molecule has 6 heteroatoms. The number of amides is 2. The standard InChI is InChI=1S/C19H23N5O/c1-15(2)24-17(8-11-21-24)22-18(25)23-12-9-19(14-20,10-13-23)16-6-4-3-5-7-16/h3-8,11,15H,9-10,12-13H2,1-2H3,(H,22,25). The van der Waals surface area contributed by atoms with Crippen molar-refractivity contribution in [3.63, 3.8) is 0 Å². The van der Waals surface area contributed by atoms with E-state index in [2.05, 4.69) is 16.5 Å². The minimum atomic E-state index is -0.502. The molecular weight excluding hydrogens is 314 g/mol. The zero-order valence-electron chi connectivity index (χ0n) is 14.6. The van der Waals surface area contributed by atoms with Gasteiger partial charge in [0, 0.05) is 25.2 Å². The molecule has 1 fully saturated rings. The Balaban J connectivity index is 1.67. The normalized spacial score (nSPS) is 16.5. The van der Waals surface area contributed by atoms with Crippen LogP contribution in [-0.4, -0.2) is 33.8 Å².